The molecule has 2 rings (SSSR count). The molecule has 0 aliphatic rings. The summed E-state index contributed by atoms with van der Waals surface area (Å²) in [6.07, 6.45) is 0.435. The molecule has 156 valence electrons. The lowest BCUT2D eigenvalue weighted by molar-refractivity contribution is -0.118. The van der Waals surface area contributed by atoms with E-state index in [9.17, 15) is 9.59 Å². The van der Waals surface area contributed by atoms with E-state index in [-0.39, 0.29) is 22.5 Å². The molecule has 0 aliphatic heterocycles. The summed E-state index contributed by atoms with van der Waals surface area (Å²) < 4.78 is 5.27. The van der Waals surface area contributed by atoms with Gasteiger partial charge in [0.1, 0.15) is 5.75 Å². The lowest BCUT2D eigenvalue weighted by atomic mass is 9.92. The van der Waals surface area contributed by atoms with Gasteiger partial charge in [-0.15, -0.1) is 11.8 Å². The summed E-state index contributed by atoms with van der Waals surface area (Å²) in [6.45, 7) is 7.89. The summed E-state index contributed by atoms with van der Waals surface area (Å²) >= 11 is 7.42. The fourth-order valence-corrected chi connectivity index (χ4v) is 3.70. The van der Waals surface area contributed by atoms with Crippen molar-refractivity contribution in [1.29, 1.82) is 0 Å². The van der Waals surface area contributed by atoms with E-state index >= 15 is 0 Å². The molecule has 2 N–H and O–H groups in total. The van der Waals surface area contributed by atoms with Gasteiger partial charge in [0, 0.05) is 22.0 Å². The van der Waals surface area contributed by atoms with Crippen molar-refractivity contribution in [3.8, 4) is 5.75 Å². The maximum Gasteiger partial charge on any atom is 0.237 e. The molecule has 0 bridgehead atoms. The van der Waals surface area contributed by atoms with Gasteiger partial charge in [0.15, 0.2) is 0 Å². The van der Waals surface area contributed by atoms with E-state index in [0.29, 0.717) is 28.6 Å². The van der Waals surface area contributed by atoms with E-state index < -0.39 is 0 Å². The number of thioether (sulfide) groups is 1. The maximum atomic E-state index is 12.6. The number of ether oxygens (including phenoxy) is 1. The van der Waals surface area contributed by atoms with E-state index in [1.165, 1.54) is 18.9 Å². The van der Waals surface area contributed by atoms with Crippen molar-refractivity contribution >= 4 is 46.6 Å². The van der Waals surface area contributed by atoms with Crippen LogP contribution in [0.3, 0.4) is 0 Å². The first-order valence-electron chi connectivity index (χ1n) is 9.28. The Morgan fingerprint density at radius 2 is 1.86 bits per heavy atom. The van der Waals surface area contributed by atoms with Crippen molar-refractivity contribution in [2.75, 3.05) is 17.7 Å². The SMILES string of the molecule is COc1ccc(Cl)cc1NC(=O)C(C)Sc1cccc(NC(=O)CC(C)(C)C)c1. The second kappa shape index (κ2) is 10.0. The van der Waals surface area contributed by atoms with Gasteiger partial charge in [0.05, 0.1) is 18.0 Å². The van der Waals surface area contributed by atoms with Gasteiger partial charge in [-0.2, -0.15) is 0 Å². The van der Waals surface area contributed by atoms with Crippen LogP contribution in [0.5, 0.6) is 5.75 Å². The number of amides is 2. The van der Waals surface area contributed by atoms with E-state index in [0.717, 1.165) is 4.90 Å². The van der Waals surface area contributed by atoms with Crippen molar-refractivity contribution in [3.05, 3.63) is 47.5 Å². The second-order valence-corrected chi connectivity index (χ2v) is 9.76. The summed E-state index contributed by atoms with van der Waals surface area (Å²) in [5, 5.41) is 5.93. The van der Waals surface area contributed by atoms with Gasteiger partial charge in [-0.1, -0.05) is 38.4 Å². The molecule has 5 nitrogen and oxygen atoms in total. The largest absolute Gasteiger partial charge is 0.495 e. The quantitative estimate of drug-likeness (QED) is 0.537. The average Bonchev–Trinajstić information content (AvgIpc) is 2.60. The first kappa shape index (κ1) is 23.1. The highest BCUT2D eigenvalue weighted by Crippen LogP contribution is 2.30. The summed E-state index contributed by atoms with van der Waals surface area (Å²) in [4.78, 5) is 25.7. The molecule has 0 radical (unpaired) electrons. The van der Waals surface area contributed by atoms with Crippen LogP contribution in [0.4, 0.5) is 11.4 Å². The van der Waals surface area contributed by atoms with E-state index in [4.69, 9.17) is 16.3 Å². The van der Waals surface area contributed by atoms with Crippen molar-refractivity contribution in [2.24, 2.45) is 5.41 Å². The third-order valence-electron chi connectivity index (χ3n) is 3.91. The van der Waals surface area contributed by atoms with E-state index in [1.54, 1.807) is 18.2 Å². The van der Waals surface area contributed by atoms with Crippen LogP contribution >= 0.6 is 23.4 Å². The van der Waals surface area contributed by atoms with Crippen molar-refractivity contribution in [3.63, 3.8) is 0 Å². The Morgan fingerprint density at radius 1 is 1.14 bits per heavy atom. The zero-order valence-corrected chi connectivity index (χ0v) is 18.9. The number of hydrogen-bond acceptors (Lipinski definition) is 4. The zero-order valence-electron chi connectivity index (χ0n) is 17.3. The highest BCUT2D eigenvalue weighted by atomic mass is 35.5. The van der Waals surface area contributed by atoms with Gasteiger partial charge in [-0.05, 0) is 48.7 Å². The third-order valence-corrected chi connectivity index (χ3v) is 5.24. The fraction of sp³-hybridized carbons (Fsp3) is 0.364. The monoisotopic (exact) mass is 434 g/mol. The minimum atomic E-state index is -0.362. The number of halogens is 1. The van der Waals surface area contributed by atoms with Crippen LogP contribution in [0, 0.1) is 5.41 Å². The minimum absolute atomic E-state index is 0.0292. The number of benzene rings is 2. The van der Waals surface area contributed by atoms with Crippen molar-refractivity contribution in [1.82, 2.24) is 0 Å². The molecule has 0 aromatic heterocycles. The van der Waals surface area contributed by atoms with Crippen LogP contribution in [0.25, 0.3) is 0 Å². The smallest absolute Gasteiger partial charge is 0.237 e. The second-order valence-electron chi connectivity index (χ2n) is 7.91. The molecule has 29 heavy (non-hydrogen) atoms. The first-order chi connectivity index (χ1) is 13.6. The molecule has 0 saturated carbocycles. The van der Waals surface area contributed by atoms with E-state index in [1.807, 2.05) is 52.0 Å². The molecule has 2 aromatic rings. The van der Waals surface area contributed by atoms with Gasteiger partial charge >= 0.3 is 0 Å². The molecule has 2 amide bonds. The Balaban J connectivity index is 2.01. The molecule has 0 aliphatic carbocycles. The Kier molecular flexibility index (Phi) is 7.99. The Morgan fingerprint density at radius 3 is 2.52 bits per heavy atom. The number of nitrogens with one attached hydrogen (secondary N) is 2. The maximum absolute atomic E-state index is 12.6. The average molecular weight is 435 g/mol. The minimum Gasteiger partial charge on any atom is -0.495 e. The van der Waals surface area contributed by atoms with Crippen LogP contribution in [0.2, 0.25) is 5.02 Å². The number of rotatable bonds is 7. The molecular weight excluding hydrogens is 408 g/mol. The Hall–Kier alpha value is -2.18. The number of anilines is 2. The molecule has 0 heterocycles. The first-order valence-corrected chi connectivity index (χ1v) is 10.5. The van der Waals surface area contributed by atoms with Gasteiger partial charge in [0.25, 0.3) is 0 Å². The highest BCUT2D eigenvalue weighted by Gasteiger charge is 2.18. The number of carbonyl (C=O) groups excluding carboxylic acids is 2. The summed E-state index contributed by atoms with van der Waals surface area (Å²) in [5.41, 5.74) is 1.17. The van der Waals surface area contributed by atoms with Crippen LogP contribution in [-0.4, -0.2) is 24.2 Å². The Labute approximate surface area is 181 Å². The summed E-state index contributed by atoms with van der Waals surface area (Å²) in [6, 6.07) is 12.5. The fourth-order valence-electron chi connectivity index (χ4n) is 2.60. The number of carbonyl (C=O) groups is 2. The van der Waals surface area contributed by atoms with Gasteiger partial charge in [-0.25, -0.2) is 0 Å². The topological polar surface area (TPSA) is 67.4 Å². The predicted molar refractivity (Wildman–Crippen MR) is 121 cm³/mol. The van der Waals surface area contributed by atoms with Crippen LogP contribution in [-0.2, 0) is 9.59 Å². The summed E-state index contributed by atoms with van der Waals surface area (Å²) in [7, 11) is 1.54. The lowest BCUT2D eigenvalue weighted by Crippen LogP contribution is -2.22. The molecule has 2 aromatic carbocycles. The predicted octanol–water partition coefficient (Wildman–Crippen LogP) is 5.84. The molecule has 1 atom stereocenters. The number of methoxy groups -OCH3 is 1. The van der Waals surface area contributed by atoms with Crippen molar-refractivity contribution < 1.29 is 14.3 Å². The standard InChI is InChI=1S/C22H27ClN2O3S/c1-14(21(27)25-18-11-15(23)9-10-19(18)28-5)29-17-8-6-7-16(12-17)24-20(26)13-22(2,3)4/h6-12,14H,13H2,1-5H3,(H,24,26)(H,25,27). The highest BCUT2D eigenvalue weighted by molar-refractivity contribution is 8.00. The summed E-state index contributed by atoms with van der Waals surface area (Å²) in [5.74, 6) is 0.347. The third kappa shape index (κ3) is 7.63. The molecule has 0 spiro atoms. The molecule has 1 unspecified atom stereocenters. The molecule has 0 fully saturated rings. The Bertz CT molecular complexity index is 881. The molecule has 7 heteroatoms. The van der Waals surface area contributed by atoms with Crippen molar-refractivity contribution in [2.45, 2.75) is 44.3 Å². The van der Waals surface area contributed by atoms with Crippen LogP contribution in [0.15, 0.2) is 47.4 Å². The normalized spacial score (nSPS) is 12.2. The van der Waals surface area contributed by atoms with Gasteiger partial charge in [-0.3, -0.25) is 9.59 Å². The zero-order chi connectivity index (χ0) is 21.6. The van der Waals surface area contributed by atoms with Gasteiger partial charge < -0.3 is 15.4 Å². The number of hydrogen-bond donors (Lipinski definition) is 2. The van der Waals surface area contributed by atoms with Crippen LogP contribution < -0.4 is 15.4 Å². The lowest BCUT2D eigenvalue weighted by Gasteiger charge is -2.18. The van der Waals surface area contributed by atoms with E-state index in [2.05, 4.69) is 10.6 Å². The van der Waals surface area contributed by atoms with Crippen LogP contribution in [0.1, 0.15) is 34.1 Å². The molecular formula is C22H27ClN2O3S. The molecule has 0 saturated heterocycles. The van der Waals surface area contributed by atoms with Gasteiger partial charge in [0.2, 0.25) is 11.8 Å².